The highest BCUT2D eigenvalue weighted by molar-refractivity contribution is 5.94. The van der Waals surface area contributed by atoms with Crippen molar-refractivity contribution in [2.24, 2.45) is 0 Å². The van der Waals surface area contributed by atoms with Gasteiger partial charge < -0.3 is 25.6 Å². The van der Waals surface area contributed by atoms with Gasteiger partial charge in [0.2, 0.25) is 5.91 Å². The molecule has 1 amide bonds. The lowest BCUT2D eigenvalue weighted by Crippen LogP contribution is -2.50. The summed E-state index contributed by atoms with van der Waals surface area (Å²) in [5.41, 5.74) is 8.14. The highest BCUT2D eigenvalue weighted by Crippen LogP contribution is 2.25. The van der Waals surface area contributed by atoms with E-state index in [1.165, 1.54) is 30.6 Å². The molecule has 1 aliphatic rings. The van der Waals surface area contributed by atoms with Crippen molar-refractivity contribution in [2.75, 3.05) is 38.7 Å². The molecule has 4 rings (SSSR count). The number of piperazine rings is 1. The van der Waals surface area contributed by atoms with E-state index in [2.05, 4.69) is 9.97 Å². The Morgan fingerprint density at radius 2 is 1.97 bits per heavy atom. The van der Waals surface area contributed by atoms with E-state index in [1.54, 1.807) is 11.0 Å². The van der Waals surface area contributed by atoms with E-state index in [4.69, 9.17) is 10.5 Å². The number of nitrogens with zero attached hydrogens (tertiary/aromatic N) is 4. The summed E-state index contributed by atoms with van der Waals surface area (Å²) in [4.78, 5) is 36.5. The Labute approximate surface area is 195 Å². The van der Waals surface area contributed by atoms with Crippen molar-refractivity contribution in [1.29, 1.82) is 0 Å². The number of aromatic nitrogens is 2. The lowest BCUT2D eigenvalue weighted by molar-refractivity contribution is -0.139. The Balaban J connectivity index is 1.22. The molecule has 1 saturated heterocycles. The minimum atomic E-state index is -0.256. The highest BCUT2D eigenvalue weighted by Gasteiger charge is 2.24. The number of hydrogen-bond donors (Lipinski definition) is 3. The first-order valence-corrected chi connectivity index (χ1v) is 10.7. The first-order valence-electron chi connectivity index (χ1n) is 10.7. The number of carbonyl (C=O) groups excluding carboxylic acids is 2. The maximum Gasteiger partial charge on any atom is 0.237 e. The Morgan fingerprint density at radius 1 is 1.12 bits per heavy atom. The topological polar surface area (TPSA) is 142 Å². The zero-order valence-corrected chi connectivity index (χ0v) is 18.4. The number of ether oxygens (including phenoxy) is 1. The second kappa shape index (κ2) is 10.3. The number of hydrogen-bond acceptors (Lipinski definition) is 9. The van der Waals surface area contributed by atoms with Crippen molar-refractivity contribution in [3.05, 3.63) is 59.9 Å². The van der Waals surface area contributed by atoms with Gasteiger partial charge in [-0.1, -0.05) is 18.2 Å². The van der Waals surface area contributed by atoms with E-state index >= 15 is 0 Å². The summed E-state index contributed by atoms with van der Waals surface area (Å²) in [5.74, 6) is -0.323. The van der Waals surface area contributed by atoms with Gasteiger partial charge in [-0.3, -0.25) is 14.5 Å². The number of rotatable bonds is 8. The maximum atomic E-state index is 12.6. The lowest BCUT2D eigenvalue weighted by Gasteiger charge is -2.34. The maximum absolute atomic E-state index is 12.6. The van der Waals surface area contributed by atoms with Crippen LogP contribution in [0.25, 0.3) is 17.0 Å². The van der Waals surface area contributed by atoms with Crippen LogP contribution >= 0.6 is 0 Å². The molecular formula is C24H25N5O5. The SMILES string of the molecule is Nc1ncnc2cc(CN3CCN(COCC(=O)/C=C/c4ccc(O)c(O)c4)CC3=O)ccc12. The van der Waals surface area contributed by atoms with Gasteiger partial charge in [0.1, 0.15) is 25.5 Å². The summed E-state index contributed by atoms with van der Waals surface area (Å²) in [6, 6.07) is 9.97. The summed E-state index contributed by atoms with van der Waals surface area (Å²) in [5, 5.41) is 19.6. The molecule has 0 aliphatic carbocycles. The van der Waals surface area contributed by atoms with Crippen LogP contribution in [0.4, 0.5) is 5.82 Å². The van der Waals surface area contributed by atoms with E-state index in [0.717, 1.165) is 16.5 Å². The van der Waals surface area contributed by atoms with E-state index < -0.39 is 0 Å². The molecule has 10 heteroatoms. The highest BCUT2D eigenvalue weighted by atomic mass is 16.5. The molecule has 2 heterocycles. The molecule has 34 heavy (non-hydrogen) atoms. The van der Waals surface area contributed by atoms with E-state index in [1.807, 2.05) is 23.1 Å². The van der Waals surface area contributed by atoms with Crippen LogP contribution in [0.3, 0.4) is 0 Å². The molecule has 176 valence electrons. The van der Waals surface area contributed by atoms with Crippen LogP contribution in [0.15, 0.2) is 48.8 Å². The first-order chi connectivity index (χ1) is 16.4. The molecule has 0 saturated carbocycles. The second-order valence-corrected chi connectivity index (χ2v) is 8.00. The number of anilines is 1. The van der Waals surface area contributed by atoms with Crippen LogP contribution in [0.5, 0.6) is 11.5 Å². The van der Waals surface area contributed by atoms with E-state index in [9.17, 15) is 19.8 Å². The van der Waals surface area contributed by atoms with Crippen molar-refractivity contribution in [1.82, 2.24) is 19.8 Å². The van der Waals surface area contributed by atoms with Gasteiger partial charge in [-0.05, 0) is 41.5 Å². The third-order valence-corrected chi connectivity index (χ3v) is 5.48. The molecule has 0 spiro atoms. The fourth-order valence-electron chi connectivity index (χ4n) is 3.63. The Morgan fingerprint density at radius 3 is 2.76 bits per heavy atom. The molecule has 2 aromatic carbocycles. The van der Waals surface area contributed by atoms with Crippen LogP contribution in [0, 0.1) is 0 Å². The van der Waals surface area contributed by atoms with Crippen molar-refractivity contribution in [2.45, 2.75) is 6.54 Å². The van der Waals surface area contributed by atoms with Crippen LogP contribution in [-0.2, 0) is 20.9 Å². The fourth-order valence-corrected chi connectivity index (χ4v) is 3.63. The van der Waals surface area contributed by atoms with Gasteiger partial charge in [-0.25, -0.2) is 9.97 Å². The summed E-state index contributed by atoms with van der Waals surface area (Å²) in [6.45, 7) is 1.90. The second-order valence-electron chi connectivity index (χ2n) is 8.00. The van der Waals surface area contributed by atoms with Gasteiger partial charge in [-0.2, -0.15) is 0 Å². The van der Waals surface area contributed by atoms with Crippen molar-refractivity contribution < 1.29 is 24.5 Å². The summed E-state index contributed by atoms with van der Waals surface area (Å²) >= 11 is 0. The molecule has 3 aromatic rings. The monoisotopic (exact) mass is 463 g/mol. The van der Waals surface area contributed by atoms with Gasteiger partial charge >= 0.3 is 0 Å². The number of phenols is 2. The third-order valence-electron chi connectivity index (χ3n) is 5.48. The number of fused-ring (bicyclic) bond motifs is 1. The van der Waals surface area contributed by atoms with Gasteiger partial charge in [0.25, 0.3) is 0 Å². The molecule has 0 unspecified atom stereocenters. The zero-order valence-electron chi connectivity index (χ0n) is 18.4. The predicted octanol–water partition coefficient (Wildman–Crippen LogP) is 1.52. The summed E-state index contributed by atoms with van der Waals surface area (Å²) < 4.78 is 5.47. The van der Waals surface area contributed by atoms with Crippen LogP contribution in [0.1, 0.15) is 11.1 Å². The summed E-state index contributed by atoms with van der Waals surface area (Å²) in [7, 11) is 0. The zero-order chi connectivity index (χ0) is 24.1. The molecule has 1 fully saturated rings. The molecule has 0 bridgehead atoms. The molecule has 1 aliphatic heterocycles. The van der Waals surface area contributed by atoms with Crippen molar-refractivity contribution in [3.63, 3.8) is 0 Å². The fraction of sp³-hybridized carbons (Fsp3) is 0.250. The lowest BCUT2D eigenvalue weighted by atomic mass is 10.1. The van der Waals surface area contributed by atoms with Crippen molar-refractivity contribution >= 4 is 34.5 Å². The van der Waals surface area contributed by atoms with Crippen LogP contribution in [0.2, 0.25) is 0 Å². The average Bonchev–Trinajstić information content (AvgIpc) is 2.82. The number of nitrogens with two attached hydrogens (primary N) is 1. The molecule has 0 atom stereocenters. The number of aromatic hydroxyl groups is 2. The number of phenolic OH excluding ortho intramolecular Hbond substituents is 2. The van der Waals surface area contributed by atoms with Gasteiger partial charge in [-0.15, -0.1) is 0 Å². The third kappa shape index (κ3) is 5.66. The number of nitrogen functional groups attached to an aromatic ring is 1. The Hall–Kier alpha value is -4.02. The molecule has 0 radical (unpaired) electrons. The number of benzene rings is 2. The summed E-state index contributed by atoms with van der Waals surface area (Å²) in [6.07, 6.45) is 4.29. The minimum absolute atomic E-state index is 0.0180. The number of amides is 1. The molecule has 4 N–H and O–H groups in total. The molecule has 10 nitrogen and oxygen atoms in total. The molecule has 1 aromatic heterocycles. The van der Waals surface area contributed by atoms with Crippen LogP contribution in [-0.4, -0.2) is 74.6 Å². The largest absolute Gasteiger partial charge is 0.504 e. The van der Waals surface area contributed by atoms with Crippen LogP contribution < -0.4 is 5.73 Å². The standard InChI is InChI=1S/C24H25N5O5/c25-24-19-5-2-17(9-20(19)26-14-27-24)11-29-8-7-28(12-23(29)33)15-34-13-18(30)4-1-16-3-6-21(31)22(32)10-16/h1-6,9-10,14,31-32H,7-8,11-13,15H2,(H2,25,26,27)/b4-1+. The number of ketones is 1. The average molecular weight is 463 g/mol. The quantitative estimate of drug-likeness (QED) is 0.335. The smallest absolute Gasteiger partial charge is 0.237 e. The normalized spacial score (nSPS) is 14.8. The number of carbonyl (C=O) groups is 2. The predicted molar refractivity (Wildman–Crippen MR) is 126 cm³/mol. The van der Waals surface area contributed by atoms with E-state index in [-0.39, 0.29) is 43.1 Å². The first kappa shape index (κ1) is 23.1. The van der Waals surface area contributed by atoms with Gasteiger partial charge in [0.05, 0.1) is 12.1 Å². The minimum Gasteiger partial charge on any atom is -0.504 e. The van der Waals surface area contributed by atoms with Gasteiger partial charge in [0, 0.05) is 25.0 Å². The van der Waals surface area contributed by atoms with Gasteiger partial charge in [0.15, 0.2) is 17.3 Å². The van der Waals surface area contributed by atoms with Crippen molar-refractivity contribution in [3.8, 4) is 11.5 Å². The Kier molecular flexibility index (Phi) is 7.00. The Bertz CT molecular complexity index is 1250. The van der Waals surface area contributed by atoms with E-state index in [0.29, 0.717) is 31.0 Å². The molecular weight excluding hydrogens is 438 g/mol.